The lowest BCUT2D eigenvalue weighted by atomic mass is 10.2. The lowest BCUT2D eigenvalue weighted by molar-refractivity contribution is 0.0949. The van der Waals surface area contributed by atoms with E-state index in [1.54, 1.807) is 30.3 Å². The van der Waals surface area contributed by atoms with Gasteiger partial charge < -0.3 is 14.8 Å². The highest BCUT2D eigenvalue weighted by atomic mass is 79.9. The monoisotopic (exact) mass is 556 g/mol. The van der Waals surface area contributed by atoms with Crippen molar-refractivity contribution in [2.45, 2.75) is 17.5 Å². The van der Waals surface area contributed by atoms with Crippen LogP contribution in [0.2, 0.25) is 0 Å². The van der Waals surface area contributed by atoms with Crippen molar-refractivity contribution in [3.63, 3.8) is 0 Å². The van der Waals surface area contributed by atoms with Gasteiger partial charge in [-0.1, -0.05) is 39.8 Å². The summed E-state index contributed by atoms with van der Waals surface area (Å²) in [5.74, 6) is 1.54. The largest absolute Gasteiger partial charge is 0.497 e. The van der Waals surface area contributed by atoms with Gasteiger partial charge in [-0.05, 0) is 54.1 Å². The smallest absolute Gasteiger partial charge is 0.251 e. The van der Waals surface area contributed by atoms with Gasteiger partial charge in [-0.15, -0.1) is 10.2 Å². The minimum Gasteiger partial charge on any atom is -0.497 e. The number of amides is 1. The molecular formula is C25H22BrFN4O3S. The molecule has 0 aliphatic rings. The van der Waals surface area contributed by atoms with Crippen molar-refractivity contribution in [2.75, 3.05) is 14.2 Å². The number of carbonyl (C=O) groups is 1. The molecule has 1 heterocycles. The molecule has 0 spiro atoms. The van der Waals surface area contributed by atoms with E-state index in [0.29, 0.717) is 39.5 Å². The second kappa shape index (κ2) is 11.4. The molecule has 7 nitrogen and oxygen atoms in total. The van der Waals surface area contributed by atoms with E-state index in [-0.39, 0.29) is 18.3 Å². The minimum atomic E-state index is -0.340. The van der Waals surface area contributed by atoms with Gasteiger partial charge in [0.15, 0.2) is 11.0 Å². The van der Waals surface area contributed by atoms with Crippen molar-refractivity contribution in [1.82, 2.24) is 20.1 Å². The zero-order chi connectivity index (χ0) is 24.8. The number of aromatic nitrogens is 3. The summed E-state index contributed by atoms with van der Waals surface area (Å²) in [6.45, 7) is 0.113. The number of thioether (sulfide) groups is 1. The molecule has 0 radical (unpaired) electrons. The average Bonchev–Trinajstić information content (AvgIpc) is 3.29. The van der Waals surface area contributed by atoms with Crippen LogP contribution in [0, 0.1) is 5.82 Å². The van der Waals surface area contributed by atoms with Crippen LogP contribution < -0.4 is 14.8 Å². The first-order valence-electron chi connectivity index (χ1n) is 10.6. The van der Waals surface area contributed by atoms with Gasteiger partial charge in [-0.2, -0.15) is 0 Å². The van der Waals surface area contributed by atoms with Crippen LogP contribution in [0.5, 0.6) is 11.5 Å². The number of methoxy groups -OCH3 is 2. The fourth-order valence-electron chi connectivity index (χ4n) is 3.29. The lowest BCUT2D eigenvalue weighted by Crippen LogP contribution is -2.24. The Bertz CT molecular complexity index is 1290. The molecular weight excluding hydrogens is 535 g/mol. The Morgan fingerprint density at radius 3 is 2.29 bits per heavy atom. The highest BCUT2D eigenvalue weighted by molar-refractivity contribution is 9.10. The summed E-state index contributed by atoms with van der Waals surface area (Å²) in [6, 6.07) is 19.0. The number of hydrogen-bond donors (Lipinski definition) is 1. The number of nitrogens with zero attached hydrogens (tertiary/aromatic N) is 3. The van der Waals surface area contributed by atoms with Crippen LogP contribution in [0.3, 0.4) is 0 Å². The van der Waals surface area contributed by atoms with Gasteiger partial charge in [-0.3, -0.25) is 9.36 Å². The van der Waals surface area contributed by atoms with Crippen LogP contribution in [0.1, 0.15) is 21.7 Å². The Balaban J connectivity index is 1.56. The molecule has 0 unspecified atom stereocenters. The number of carbonyl (C=O) groups excluding carboxylic acids is 1. The summed E-state index contributed by atoms with van der Waals surface area (Å²) < 4.78 is 26.9. The number of ether oxygens (including phenoxy) is 2. The molecule has 0 atom stereocenters. The van der Waals surface area contributed by atoms with E-state index >= 15 is 0 Å². The van der Waals surface area contributed by atoms with Gasteiger partial charge >= 0.3 is 0 Å². The van der Waals surface area contributed by atoms with Crippen molar-refractivity contribution in [3.8, 4) is 17.2 Å². The second-order valence-corrected chi connectivity index (χ2v) is 9.27. The van der Waals surface area contributed by atoms with Crippen LogP contribution in [0.15, 0.2) is 76.4 Å². The summed E-state index contributed by atoms with van der Waals surface area (Å²) in [5.41, 5.74) is 2.20. The first-order chi connectivity index (χ1) is 17.0. The first-order valence-corrected chi connectivity index (χ1v) is 12.3. The van der Waals surface area contributed by atoms with Gasteiger partial charge in [0.25, 0.3) is 5.91 Å². The molecule has 1 amide bonds. The Hall–Kier alpha value is -3.37. The molecule has 1 N–H and O–H groups in total. The van der Waals surface area contributed by atoms with Crippen LogP contribution >= 0.6 is 27.7 Å². The third-order valence-corrected chi connectivity index (χ3v) is 6.62. The fourth-order valence-corrected chi connectivity index (χ4v) is 4.48. The Morgan fingerprint density at radius 2 is 1.66 bits per heavy atom. The molecule has 1 aromatic heterocycles. The summed E-state index contributed by atoms with van der Waals surface area (Å²) >= 11 is 4.94. The summed E-state index contributed by atoms with van der Waals surface area (Å²) in [7, 11) is 3.05. The van der Waals surface area contributed by atoms with Gasteiger partial charge in [0.1, 0.15) is 17.3 Å². The Morgan fingerprint density at radius 1 is 1.00 bits per heavy atom. The summed E-state index contributed by atoms with van der Waals surface area (Å²) in [6.07, 6.45) is 0. The number of benzene rings is 3. The van der Waals surface area contributed by atoms with E-state index in [1.807, 2.05) is 28.8 Å². The summed E-state index contributed by atoms with van der Waals surface area (Å²) in [4.78, 5) is 12.9. The molecule has 0 bridgehead atoms. The first kappa shape index (κ1) is 24.7. The molecule has 0 fully saturated rings. The van der Waals surface area contributed by atoms with Crippen LogP contribution in [-0.4, -0.2) is 34.9 Å². The van der Waals surface area contributed by atoms with Crippen LogP contribution in [-0.2, 0) is 12.3 Å². The molecule has 4 rings (SSSR count). The van der Waals surface area contributed by atoms with Gasteiger partial charge in [0.2, 0.25) is 0 Å². The SMILES string of the molecule is COc1cc(OC)cc(C(=O)NCc2nnc(SCc3ccc(Br)cc3)n2-c2ccc(F)cc2)c1. The predicted molar refractivity (Wildman–Crippen MR) is 136 cm³/mol. The zero-order valence-corrected chi connectivity index (χ0v) is 21.4. The number of halogens is 2. The number of rotatable bonds is 9. The molecule has 0 aliphatic heterocycles. The van der Waals surface area contributed by atoms with Gasteiger partial charge in [0, 0.05) is 27.5 Å². The van der Waals surface area contributed by atoms with Crippen LogP contribution in [0.4, 0.5) is 4.39 Å². The van der Waals surface area contributed by atoms with E-state index < -0.39 is 0 Å². The topological polar surface area (TPSA) is 78.3 Å². The highest BCUT2D eigenvalue weighted by Gasteiger charge is 2.17. The van der Waals surface area contributed by atoms with Crippen molar-refractivity contribution in [3.05, 3.63) is 94.0 Å². The minimum absolute atomic E-state index is 0.113. The van der Waals surface area contributed by atoms with Gasteiger partial charge in [0.05, 0.1) is 20.8 Å². The maximum atomic E-state index is 13.6. The number of hydrogen-bond acceptors (Lipinski definition) is 6. The molecule has 0 saturated carbocycles. The second-order valence-electron chi connectivity index (χ2n) is 7.41. The van der Waals surface area contributed by atoms with Crippen molar-refractivity contribution < 1.29 is 18.7 Å². The Labute approximate surface area is 214 Å². The van der Waals surface area contributed by atoms with E-state index in [1.165, 1.54) is 38.1 Å². The van der Waals surface area contributed by atoms with Gasteiger partial charge in [-0.25, -0.2) is 4.39 Å². The third kappa shape index (κ3) is 6.20. The van der Waals surface area contributed by atoms with Crippen LogP contribution in [0.25, 0.3) is 5.69 Å². The average molecular weight is 557 g/mol. The standard InChI is InChI=1S/C25H22BrFN4O3S/c1-33-21-11-17(12-22(13-21)34-2)24(32)28-14-23-29-30-25(31(23)20-9-7-19(27)8-10-20)35-15-16-3-5-18(26)6-4-16/h3-13H,14-15H2,1-2H3,(H,28,32). The molecule has 4 aromatic rings. The molecule has 3 aromatic carbocycles. The zero-order valence-electron chi connectivity index (χ0n) is 19.0. The maximum absolute atomic E-state index is 13.6. The Kier molecular flexibility index (Phi) is 8.04. The van der Waals surface area contributed by atoms with Crippen molar-refractivity contribution >= 4 is 33.6 Å². The van der Waals surface area contributed by atoms with Crippen molar-refractivity contribution in [1.29, 1.82) is 0 Å². The molecule has 0 aliphatic carbocycles. The third-order valence-electron chi connectivity index (χ3n) is 5.09. The summed E-state index contributed by atoms with van der Waals surface area (Å²) in [5, 5.41) is 12.1. The molecule has 180 valence electrons. The van der Waals surface area contributed by atoms with E-state index in [2.05, 4.69) is 31.4 Å². The normalized spacial score (nSPS) is 10.7. The van der Waals surface area contributed by atoms with E-state index in [9.17, 15) is 9.18 Å². The van der Waals surface area contributed by atoms with Crippen molar-refractivity contribution in [2.24, 2.45) is 0 Å². The quantitative estimate of drug-likeness (QED) is 0.278. The predicted octanol–water partition coefficient (Wildman–Crippen LogP) is 5.41. The maximum Gasteiger partial charge on any atom is 0.251 e. The molecule has 10 heteroatoms. The fraction of sp³-hybridized carbons (Fsp3) is 0.160. The lowest BCUT2D eigenvalue weighted by Gasteiger charge is -2.12. The molecule has 35 heavy (non-hydrogen) atoms. The van der Waals surface area contributed by atoms with E-state index in [0.717, 1.165) is 10.0 Å². The number of nitrogens with one attached hydrogen (secondary N) is 1. The van der Waals surface area contributed by atoms with E-state index in [4.69, 9.17) is 9.47 Å². The molecule has 0 saturated heterocycles. The highest BCUT2D eigenvalue weighted by Crippen LogP contribution is 2.27.